The summed E-state index contributed by atoms with van der Waals surface area (Å²) in [5.74, 6) is 3.22. The zero-order valence-electron chi connectivity index (χ0n) is 17.9. The third-order valence-corrected chi connectivity index (χ3v) is 8.83. The number of allylic oxidation sites excluding steroid dienone is 2. The topological polar surface area (TPSA) is 9.23 Å². The fourth-order valence-corrected chi connectivity index (χ4v) is 7.06. The van der Waals surface area contributed by atoms with Gasteiger partial charge in [0.2, 0.25) is 0 Å². The summed E-state index contributed by atoms with van der Waals surface area (Å²) >= 11 is 0. The van der Waals surface area contributed by atoms with Gasteiger partial charge < -0.3 is 4.74 Å². The van der Waals surface area contributed by atoms with Crippen LogP contribution in [0.5, 0.6) is 0 Å². The van der Waals surface area contributed by atoms with Crippen LogP contribution in [-0.2, 0) is 4.74 Å². The average Bonchev–Trinajstić information content (AvgIpc) is 2.69. The Morgan fingerprint density at radius 2 is 1.21 bits per heavy atom. The van der Waals surface area contributed by atoms with Crippen molar-refractivity contribution in [2.24, 2.45) is 41.4 Å². The van der Waals surface area contributed by atoms with E-state index in [0.29, 0.717) is 5.92 Å². The molecule has 28 heavy (non-hydrogen) atoms. The summed E-state index contributed by atoms with van der Waals surface area (Å²) in [5.41, 5.74) is 0. The van der Waals surface area contributed by atoms with Crippen LogP contribution in [0.15, 0.2) is 12.2 Å². The lowest BCUT2D eigenvalue weighted by molar-refractivity contribution is -0.418. The van der Waals surface area contributed by atoms with Crippen molar-refractivity contribution in [3.05, 3.63) is 12.2 Å². The number of halogens is 2. The maximum absolute atomic E-state index is 14.4. The zero-order chi connectivity index (χ0) is 19.7. The first-order valence-corrected chi connectivity index (χ1v) is 12.2. The molecule has 2 atom stereocenters. The summed E-state index contributed by atoms with van der Waals surface area (Å²) in [5, 5.41) is 0. The number of ether oxygens (including phenoxy) is 1. The Labute approximate surface area is 170 Å². The minimum Gasteiger partial charge on any atom is -0.316 e. The van der Waals surface area contributed by atoms with E-state index in [0.717, 1.165) is 49.4 Å². The quantitative estimate of drug-likeness (QED) is 0.446. The molecule has 3 aliphatic carbocycles. The van der Waals surface area contributed by atoms with Crippen molar-refractivity contribution in [1.82, 2.24) is 0 Å². The molecule has 1 heterocycles. The van der Waals surface area contributed by atoms with Gasteiger partial charge in [0.15, 0.2) is 0 Å². The summed E-state index contributed by atoms with van der Waals surface area (Å²) in [6.07, 6.45) is 15.8. The Kier molecular flexibility index (Phi) is 6.50. The molecule has 0 aromatic heterocycles. The monoisotopic (exact) mass is 394 g/mol. The number of hydrogen-bond donors (Lipinski definition) is 0. The maximum atomic E-state index is 14.4. The fraction of sp³-hybridized carbons (Fsp3) is 0.920. The van der Waals surface area contributed by atoms with Crippen molar-refractivity contribution < 1.29 is 13.5 Å². The Bertz CT molecular complexity index is 521. The predicted molar refractivity (Wildman–Crippen MR) is 110 cm³/mol. The molecular weight excluding hydrogens is 354 g/mol. The first-order chi connectivity index (χ1) is 13.5. The van der Waals surface area contributed by atoms with Crippen LogP contribution in [0.1, 0.15) is 90.9 Å². The molecule has 0 aromatic rings. The second-order valence-corrected chi connectivity index (χ2v) is 10.6. The second kappa shape index (κ2) is 8.74. The summed E-state index contributed by atoms with van der Waals surface area (Å²) in [6.45, 7) is 4.41. The molecule has 4 fully saturated rings. The van der Waals surface area contributed by atoms with Gasteiger partial charge in [0.05, 0.1) is 12.0 Å². The zero-order valence-corrected chi connectivity index (χ0v) is 17.9. The Balaban J connectivity index is 1.29. The van der Waals surface area contributed by atoms with Crippen molar-refractivity contribution >= 4 is 0 Å². The molecular formula is C25H40F2O. The Morgan fingerprint density at radius 3 is 1.75 bits per heavy atom. The van der Waals surface area contributed by atoms with Gasteiger partial charge in [0.1, 0.15) is 0 Å². The van der Waals surface area contributed by atoms with Gasteiger partial charge in [-0.15, -0.1) is 0 Å². The third-order valence-electron chi connectivity index (χ3n) is 8.83. The van der Waals surface area contributed by atoms with Gasteiger partial charge in [-0.25, -0.2) is 0 Å². The van der Waals surface area contributed by atoms with E-state index in [9.17, 15) is 8.78 Å². The van der Waals surface area contributed by atoms with Crippen molar-refractivity contribution in [1.29, 1.82) is 0 Å². The smallest absolute Gasteiger partial charge is 0.316 e. The Hall–Kier alpha value is -0.440. The van der Waals surface area contributed by atoms with E-state index in [1.807, 2.05) is 0 Å². The number of alkyl halides is 2. The van der Waals surface area contributed by atoms with Crippen molar-refractivity contribution in [2.45, 2.75) is 103 Å². The molecule has 0 unspecified atom stereocenters. The lowest BCUT2D eigenvalue weighted by Gasteiger charge is -2.53. The van der Waals surface area contributed by atoms with E-state index in [4.69, 9.17) is 4.74 Å². The highest BCUT2D eigenvalue weighted by molar-refractivity contribution is 4.98. The van der Waals surface area contributed by atoms with Gasteiger partial charge in [-0.3, -0.25) is 0 Å². The third kappa shape index (κ3) is 4.35. The van der Waals surface area contributed by atoms with Crippen molar-refractivity contribution in [3.63, 3.8) is 0 Å². The molecule has 3 saturated carbocycles. The molecule has 0 amide bonds. The normalized spacial score (nSPS) is 47.0. The molecule has 0 spiro atoms. The highest BCUT2D eigenvalue weighted by Crippen LogP contribution is 2.55. The molecule has 160 valence electrons. The molecule has 0 aromatic carbocycles. The first-order valence-electron chi connectivity index (χ1n) is 12.2. The summed E-state index contributed by atoms with van der Waals surface area (Å²) in [6, 6.07) is 0. The van der Waals surface area contributed by atoms with Crippen molar-refractivity contribution in [3.8, 4) is 0 Å². The summed E-state index contributed by atoms with van der Waals surface area (Å²) in [4.78, 5) is 0. The number of hydrogen-bond acceptors (Lipinski definition) is 1. The van der Waals surface area contributed by atoms with Crippen LogP contribution in [-0.4, -0.2) is 12.2 Å². The second-order valence-electron chi connectivity index (χ2n) is 10.6. The van der Waals surface area contributed by atoms with E-state index < -0.39 is 12.0 Å². The molecule has 1 aliphatic heterocycles. The van der Waals surface area contributed by atoms with Gasteiger partial charge in [0, 0.05) is 0 Å². The van der Waals surface area contributed by atoms with E-state index in [-0.39, 0.29) is 12.0 Å². The molecule has 4 aliphatic rings. The van der Waals surface area contributed by atoms with E-state index in [1.54, 1.807) is 0 Å². The van der Waals surface area contributed by atoms with Gasteiger partial charge in [0.25, 0.3) is 0 Å². The minimum atomic E-state index is -2.87. The predicted octanol–water partition coefficient (Wildman–Crippen LogP) is 7.61. The standard InChI is InChI=1S/C25H40F2O/c1-3-4-18-7-11-19(12-8-18)20-13-15-21(16-14-20)23-24(28-25(23,26)27)22-9-5-17(2)6-10-22/h3-4,17-24H,5-16H2,1-2H3/b4-3+/t17?,18?,19?,20?,21?,22?,23-,24-/m0/s1. The Morgan fingerprint density at radius 1 is 0.714 bits per heavy atom. The molecule has 0 radical (unpaired) electrons. The van der Waals surface area contributed by atoms with Gasteiger partial charge >= 0.3 is 6.11 Å². The van der Waals surface area contributed by atoms with Gasteiger partial charge in [-0.05, 0) is 107 Å². The largest absolute Gasteiger partial charge is 0.361 e. The van der Waals surface area contributed by atoms with E-state index >= 15 is 0 Å². The van der Waals surface area contributed by atoms with Crippen LogP contribution in [0.4, 0.5) is 8.78 Å². The van der Waals surface area contributed by atoms with E-state index in [2.05, 4.69) is 26.0 Å². The van der Waals surface area contributed by atoms with Crippen LogP contribution < -0.4 is 0 Å². The maximum Gasteiger partial charge on any atom is 0.361 e. The lowest BCUT2D eigenvalue weighted by Crippen LogP contribution is -2.61. The molecule has 1 nitrogen and oxygen atoms in total. The van der Waals surface area contributed by atoms with E-state index in [1.165, 1.54) is 51.4 Å². The van der Waals surface area contributed by atoms with Gasteiger partial charge in [-0.2, -0.15) is 8.78 Å². The average molecular weight is 395 g/mol. The van der Waals surface area contributed by atoms with Crippen LogP contribution in [0, 0.1) is 41.4 Å². The van der Waals surface area contributed by atoms with Crippen LogP contribution >= 0.6 is 0 Å². The molecule has 0 bridgehead atoms. The SMILES string of the molecule is C/C=C/C1CCC(C2CCC([C@H]3[C@H](C4CCC(C)CC4)OC3(F)F)CC2)CC1. The minimum absolute atomic E-state index is 0.166. The van der Waals surface area contributed by atoms with Crippen LogP contribution in [0.2, 0.25) is 0 Å². The number of rotatable bonds is 4. The first kappa shape index (κ1) is 20.8. The summed E-state index contributed by atoms with van der Waals surface area (Å²) < 4.78 is 34.0. The molecule has 0 N–H and O–H groups in total. The molecule has 1 saturated heterocycles. The highest BCUT2D eigenvalue weighted by Gasteiger charge is 2.62. The van der Waals surface area contributed by atoms with Gasteiger partial charge in [-0.1, -0.05) is 31.9 Å². The lowest BCUT2D eigenvalue weighted by atomic mass is 9.63. The fourth-order valence-electron chi connectivity index (χ4n) is 7.06. The van der Waals surface area contributed by atoms with Crippen molar-refractivity contribution in [2.75, 3.05) is 0 Å². The molecule has 4 rings (SSSR count). The molecule has 3 heteroatoms. The summed E-state index contributed by atoms with van der Waals surface area (Å²) in [7, 11) is 0. The highest BCUT2D eigenvalue weighted by atomic mass is 19.3. The van der Waals surface area contributed by atoms with Crippen LogP contribution in [0.25, 0.3) is 0 Å². The van der Waals surface area contributed by atoms with Crippen LogP contribution in [0.3, 0.4) is 0 Å².